The van der Waals surface area contributed by atoms with E-state index in [1.165, 1.54) is 10.5 Å². The number of aryl methyl sites for hydroxylation is 3. The molecule has 0 amide bonds. The summed E-state index contributed by atoms with van der Waals surface area (Å²) in [6.07, 6.45) is 6.47. The molecule has 0 saturated heterocycles. The van der Waals surface area contributed by atoms with E-state index in [9.17, 15) is 8.42 Å². The maximum Gasteiger partial charge on any atom is 0.257 e. The largest absolute Gasteiger partial charge is 0.336 e. The van der Waals surface area contributed by atoms with Crippen molar-refractivity contribution in [1.82, 2.24) is 24.0 Å². The summed E-state index contributed by atoms with van der Waals surface area (Å²) in [5.41, 5.74) is 1.71. The van der Waals surface area contributed by atoms with Crippen molar-refractivity contribution in [2.24, 2.45) is 0 Å². The zero-order valence-corrected chi connectivity index (χ0v) is 15.0. The fraction of sp³-hybridized carbons (Fsp3) is 0.438. The monoisotopic (exact) mass is 361 g/mol. The molecule has 4 rings (SSSR count). The molecule has 8 nitrogen and oxygen atoms in total. The van der Waals surface area contributed by atoms with Crippen molar-refractivity contribution >= 4 is 21.1 Å². The SMILES string of the molecule is Cc1noc2ncc(S(=O)(=O)N(C)Cc3cn4c(n3)CCCC4)cc12. The highest BCUT2D eigenvalue weighted by molar-refractivity contribution is 7.89. The molecule has 0 fully saturated rings. The van der Waals surface area contributed by atoms with Crippen molar-refractivity contribution in [3.8, 4) is 0 Å². The molecule has 1 aliphatic heterocycles. The summed E-state index contributed by atoms with van der Waals surface area (Å²) < 4.78 is 34.2. The second-order valence-corrected chi connectivity index (χ2v) is 8.40. The van der Waals surface area contributed by atoms with Crippen molar-refractivity contribution in [2.75, 3.05) is 7.05 Å². The lowest BCUT2D eigenvalue weighted by molar-refractivity contribution is 0.442. The van der Waals surface area contributed by atoms with Gasteiger partial charge < -0.3 is 9.09 Å². The van der Waals surface area contributed by atoms with Crippen LogP contribution in [0.3, 0.4) is 0 Å². The fourth-order valence-corrected chi connectivity index (χ4v) is 4.22. The Kier molecular flexibility index (Phi) is 3.84. The summed E-state index contributed by atoms with van der Waals surface area (Å²) in [5, 5.41) is 4.41. The first-order chi connectivity index (χ1) is 11.9. The third kappa shape index (κ3) is 2.83. The number of fused-ring (bicyclic) bond motifs is 2. The molecule has 25 heavy (non-hydrogen) atoms. The highest BCUT2D eigenvalue weighted by Crippen LogP contribution is 2.23. The lowest BCUT2D eigenvalue weighted by Gasteiger charge is -2.15. The van der Waals surface area contributed by atoms with Gasteiger partial charge in [-0.05, 0) is 25.8 Å². The molecule has 0 atom stereocenters. The topological polar surface area (TPSA) is 94.1 Å². The molecule has 0 aromatic carbocycles. The van der Waals surface area contributed by atoms with Gasteiger partial charge in [-0.1, -0.05) is 5.16 Å². The minimum Gasteiger partial charge on any atom is -0.336 e. The van der Waals surface area contributed by atoms with Crippen LogP contribution in [0.2, 0.25) is 0 Å². The number of imidazole rings is 1. The smallest absolute Gasteiger partial charge is 0.257 e. The van der Waals surface area contributed by atoms with E-state index in [2.05, 4.69) is 19.7 Å². The molecule has 0 aliphatic carbocycles. The van der Waals surface area contributed by atoms with Crippen LogP contribution < -0.4 is 0 Å². The van der Waals surface area contributed by atoms with Crippen molar-refractivity contribution in [1.29, 1.82) is 0 Å². The van der Waals surface area contributed by atoms with Crippen LogP contribution in [0.15, 0.2) is 27.9 Å². The molecule has 0 unspecified atom stereocenters. The number of nitrogens with zero attached hydrogens (tertiary/aromatic N) is 5. The Morgan fingerprint density at radius 2 is 2.20 bits per heavy atom. The predicted molar refractivity (Wildman–Crippen MR) is 90.4 cm³/mol. The summed E-state index contributed by atoms with van der Waals surface area (Å²) in [7, 11) is -2.12. The molecule has 0 N–H and O–H groups in total. The third-order valence-corrected chi connectivity index (χ3v) is 6.30. The predicted octanol–water partition coefficient (Wildman–Crippen LogP) is 1.88. The minimum atomic E-state index is -3.67. The van der Waals surface area contributed by atoms with E-state index in [0.717, 1.165) is 37.3 Å². The van der Waals surface area contributed by atoms with Crippen LogP contribution >= 0.6 is 0 Å². The van der Waals surface area contributed by atoms with Crippen molar-refractivity contribution in [3.63, 3.8) is 0 Å². The van der Waals surface area contributed by atoms with Crippen LogP contribution in [-0.2, 0) is 29.5 Å². The minimum absolute atomic E-state index is 0.123. The van der Waals surface area contributed by atoms with Gasteiger partial charge >= 0.3 is 0 Å². The van der Waals surface area contributed by atoms with Crippen LogP contribution in [-0.4, -0.2) is 39.5 Å². The molecule has 4 heterocycles. The Labute approximate surface area is 145 Å². The van der Waals surface area contributed by atoms with Gasteiger partial charge in [-0.3, -0.25) is 0 Å². The van der Waals surface area contributed by atoms with Crippen LogP contribution in [0.25, 0.3) is 11.1 Å². The van der Waals surface area contributed by atoms with Crippen LogP contribution in [0.1, 0.15) is 30.1 Å². The summed E-state index contributed by atoms with van der Waals surface area (Å²) in [5.74, 6) is 1.04. The van der Waals surface area contributed by atoms with Gasteiger partial charge in [-0.2, -0.15) is 4.31 Å². The van der Waals surface area contributed by atoms with E-state index in [1.54, 1.807) is 20.0 Å². The quantitative estimate of drug-likeness (QED) is 0.704. The Morgan fingerprint density at radius 1 is 1.36 bits per heavy atom. The zero-order valence-electron chi connectivity index (χ0n) is 14.1. The lowest BCUT2D eigenvalue weighted by atomic mass is 10.2. The second kappa shape index (κ2) is 5.92. The van der Waals surface area contributed by atoms with Crippen LogP contribution in [0.5, 0.6) is 0 Å². The Balaban J connectivity index is 1.61. The van der Waals surface area contributed by atoms with Gasteiger partial charge in [0.05, 0.1) is 29.5 Å². The first-order valence-electron chi connectivity index (χ1n) is 8.18. The third-order valence-electron chi connectivity index (χ3n) is 4.54. The first kappa shape index (κ1) is 16.2. The average molecular weight is 361 g/mol. The van der Waals surface area contributed by atoms with Gasteiger partial charge in [0.1, 0.15) is 10.7 Å². The summed E-state index contributed by atoms with van der Waals surface area (Å²) >= 11 is 0. The number of hydrogen-bond acceptors (Lipinski definition) is 6. The molecule has 0 saturated carbocycles. The normalized spacial score (nSPS) is 15.0. The second-order valence-electron chi connectivity index (χ2n) is 6.35. The molecule has 0 radical (unpaired) electrons. The van der Waals surface area contributed by atoms with E-state index in [0.29, 0.717) is 16.8 Å². The molecule has 3 aromatic rings. The Hall–Kier alpha value is -2.26. The summed E-state index contributed by atoms with van der Waals surface area (Å²) in [6.45, 7) is 2.93. The van der Waals surface area contributed by atoms with E-state index >= 15 is 0 Å². The maximum atomic E-state index is 12.9. The zero-order chi connectivity index (χ0) is 17.6. The van der Waals surface area contributed by atoms with Gasteiger partial charge in [-0.25, -0.2) is 18.4 Å². The molecular formula is C16H19N5O3S. The van der Waals surface area contributed by atoms with Crippen LogP contribution in [0, 0.1) is 6.92 Å². The van der Waals surface area contributed by atoms with E-state index in [4.69, 9.17) is 4.52 Å². The lowest BCUT2D eigenvalue weighted by Crippen LogP contribution is -2.26. The number of hydrogen-bond donors (Lipinski definition) is 0. The molecule has 0 bridgehead atoms. The van der Waals surface area contributed by atoms with Crippen molar-refractivity contribution < 1.29 is 12.9 Å². The molecular weight excluding hydrogens is 342 g/mol. The van der Waals surface area contributed by atoms with Gasteiger partial charge in [0, 0.05) is 26.2 Å². The summed E-state index contributed by atoms with van der Waals surface area (Å²) in [6, 6.07) is 1.55. The van der Waals surface area contributed by atoms with Crippen molar-refractivity contribution in [3.05, 3.63) is 35.7 Å². The highest BCUT2D eigenvalue weighted by atomic mass is 32.2. The van der Waals surface area contributed by atoms with Crippen LogP contribution in [0.4, 0.5) is 0 Å². The van der Waals surface area contributed by atoms with E-state index in [1.807, 2.05) is 6.20 Å². The molecule has 3 aromatic heterocycles. The highest BCUT2D eigenvalue weighted by Gasteiger charge is 2.24. The molecule has 132 valence electrons. The molecule has 9 heteroatoms. The fourth-order valence-electron chi connectivity index (χ4n) is 3.11. The number of sulfonamides is 1. The van der Waals surface area contributed by atoms with Gasteiger partial charge in [0.25, 0.3) is 5.71 Å². The molecule has 1 aliphatic rings. The number of aromatic nitrogens is 4. The van der Waals surface area contributed by atoms with Gasteiger partial charge in [-0.15, -0.1) is 0 Å². The first-order valence-corrected chi connectivity index (χ1v) is 9.62. The maximum absolute atomic E-state index is 12.9. The Morgan fingerprint density at radius 3 is 3.00 bits per heavy atom. The average Bonchev–Trinajstić information content (AvgIpc) is 3.17. The number of pyridine rings is 1. The van der Waals surface area contributed by atoms with Gasteiger partial charge in [0.2, 0.25) is 10.0 Å². The standard InChI is InChI=1S/C16H19N5O3S/c1-11-14-7-13(8-17-16(14)24-19-11)25(22,23)20(2)9-12-10-21-6-4-3-5-15(21)18-12/h7-8,10H,3-6,9H2,1-2H3. The van der Waals surface area contributed by atoms with Crippen molar-refractivity contribution in [2.45, 2.75) is 44.2 Å². The number of rotatable bonds is 4. The Bertz CT molecular complexity index is 1010. The van der Waals surface area contributed by atoms with E-state index < -0.39 is 10.0 Å². The summed E-state index contributed by atoms with van der Waals surface area (Å²) in [4.78, 5) is 8.75. The van der Waals surface area contributed by atoms with E-state index in [-0.39, 0.29) is 11.4 Å². The van der Waals surface area contributed by atoms with Gasteiger partial charge in [0.15, 0.2) is 0 Å². The molecule has 0 spiro atoms.